The number of nitrogens with two attached hydrogens (primary N) is 1. The highest BCUT2D eigenvalue weighted by atomic mass is 79.9. The lowest BCUT2D eigenvalue weighted by molar-refractivity contribution is 0.577. The summed E-state index contributed by atoms with van der Waals surface area (Å²) in [7, 11) is 0. The quantitative estimate of drug-likeness (QED) is 0.805. The zero-order valence-electron chi connectivity index (χ0n) is 9.84. The summed E-state index contributed by atoms with van der Waals surface area (Å²) < 4.78 is 28.3. The van der Waals surface area contributed by atoms with Gasteiger partial charge in [-0.1, -0.05) is 37.9 Å². The van der Waals surface area contributed by atoms with Crippen LogP contribution in [0, 0.1) is 11.6 Å². The van der Waals surface area contributed by atoms with Gasteiger partial charge in [-0.2, -0.15) is 0 Å². The fraction of sp³-hybridized carbons (Fsp3) is 0.143. The van der Waals surface area contributed by atoms with Crippen molar-refractivity contribution >= 4 is 31.9 Å². The van der Waals surface area contributed by atoms with Crippen molar-refractivity contribution in [1.29, 1.82) is 0 Å². The molecule has 2 aromatic rings. The number of benzene rings is 2. The van der Waals surface area contributed by atoms with Crippen LogP contribution in [-0.4, -0.2) is 0 Å². The predicted molar refractivity (Wildman–Crippen MR) is 78.8 cm³/mol. The third-order valence-corrected chi connectivity index (χ3v) is 3.69. The van der Waals surface area contributed by atoms with Crippen molar-refractivity contribution < 1.29 is 8.78 Å². The second-order valence-electron chi connectivity index (χ2n) is 4.25. The molecule has 100 valence electrons. The molecule has 1 nitrogen and oxygen atoms in total. The SMILES string of the molecule is NC(Cc1cc(F)cc(Br)c1)c1ccc(Br)cc1F. The smallest absolute Gasteiger partial charge is 0.129 e. The molecule has 0 aromatic heterocycles. The molecule has 0 radical (unpaired) electrons. The molecule has 0 bridgehead atoms. The zero-order valence-corrected chi connectivity index (χ0v) is 13.0. The molecule has 0 fully saturated rings. The van der Waals surface area contributed by atoms with Gasteiger partial charge in [0.25, 0.3) is 0 Å². The Bertz CT molecular complexity index is 582. The van der Waals surface area contributed by atoms with Gasteiger partial charge in [0, 0.05) is 20.6 Å². The summed E-state index contributed by atoms with van der Waals surface area (Å²) in [6, 6.07) is 8.78. The van der Waals surface area contributed by atoms with Crippen molar-refractivity contribution in [2.45, 2.75) is 12.5 Å². The lowest BCUT2D eigenvalue weighted by Gasteiger charge is -2.13. The number of hydrogen-bond acceptors (Lipinski definition) is 1. The summed E-state index contributed by atoms with van der Waals surface area (Å²) in [5, 5.41) is 0. The summed E-state index contributed by atoms with van der Waals surface area (Å²) in [5.74, 6) is -0.704. The first-order chi connectivity index (χ1) is 8.95. The Balaban J connectivity index is 2.22. The van der Waals surface area contributed by atoms with Crippen LogP contribution in [0.3, 0.4) is 0 Å². The van der Waals surface area contributed by atoms with Gasteiger partial charge in [0.2, 0.25) is 0 Å². The highest BCUT2D eigenvalue weighted by Crippen LogP contribution is 2.24. The van der Waals surface area contributed by atoms with Crippen LogP contribution in [0.1, 0.15) is 17.2 Å². The monoisotopic (exact) mass is 389 g/mol. The maximum absolute atomic E-state index is 13.8. The minimum atomic E-state index is -0.512. The summed E-state index contributed by atoms with van der Waals surface area (Å²) in [6.45, 7) is 0. The molecule has 0 saturated carbocycles. The molecule has 0 heterocycles. The average Bonchev–Trinajstić information content (AvgIpc) is 2.26. The van der Waals surface area contributed by atoms with E-state index < -0.39 is 6.04 Å². The van der Waals surface area contributed by atoms with E-state index in [4.69, 9.17) is 5.73 Å². The molecule has 0 saturated heterocycles. The van der Waals surface area contributed by atoms with Crippen LogP contribution in [0.4, 0.5) is 8.78 Å². The molecular weight excluding hydrogens is 380 g/mol. The molecular formula is C14H11Br2F2N. The Morgan fingerprint density at radius 3 is 2.37 bits per heavy atom. The Morgan fingerprint density at radius 1 is 1.00 bits per heavy atom. The molecule has 5 heteroatoms. The van der Waals surface area contributed by atoms with Crippen LogP contribution in [0.15, 0.2) is 45.3 Å². The highest BCUT2D eigenvalue weighted by molar-refractivity contribution is 9.10. The molecule has 0 amide bonds. The van der Waals surface area contributed by atoms with Crippen LogP contribution in [0.2, 0.25) is 0 Å². The van der Waals surface area contributed by atoms with E-state index in [0.717, 1.165) is 5.56 Å². The van der Waals surface area contributed by atoms with Gasteiger partial charge in [-0.15, -0.1) is 0 Å². The molecule has 0 aliphatic rings. The van der Waals surface area contributed by atoms with E-state index in [1.807, 2.05) is 0 Å². The summed E-state index contributed by atoms with van der Waals surface area (Å²) in [4.78, 5) is 0. The molecule has 19 heavy (non-hydrogen) atoms. The van der Waals surface area contributed by atoms with E-state index in [1.54, 1.807) is 18.2 Å². The van der Waals surface area contributed by atoms with Gasteiger partial charge in [-0.25, -0.2) is 8.78 Å². The lowest BCUT2D eigenvalue weighted by Crippen LogP contribution is -2.15. The van der Waals surface area contributed by atoms with Crippen molar-refractivity contribution in [3.63, 3.8) is 0 Å². The minimum Gasteiger partial charge on any atom is -0.324 e. The summed E-state index contributed by atoms with van der Waals surface area (Å²) in [6.07, 6.45) is 0.370. The first kappa shape index (κ1) is 14.6. The third kappa shape index (κ3) is 3.84. The van der Waals surface area contributed by atoms with Crippen LogP contribution >= 0.6 is 31.9 Å². The Labute approximate surface area is 127 Å². The van der Waals surface area contributed by atoms with E-state index in [1.165, 1.54) is 18.2 Å². The van der Waals surface area contributed by atoms with Gasteiger partial charge in [-0.3, -0.25) is 0 Å². The second kappa shape index (κ2) is 6.11. The normalized spacial score (nSPS) is 12.5. The van der Waals surface area contributed by atoms with Gasteiger partial charge in [0.15, 0.2) is 0 Å². The van der Waals surface area contributed by atoms with E-state index in [0.29, 0.717) is 20.9 Å². The third-order valence-electron chi connectivity index (χ3n) is 2.74. The van der Waals surface area contributed by atoms with Crippen molar-refractivity contribution in [3.8, 4) is 0 Å². The van der Waals surface area contributed by atoms with Gasteiger partial charge in [0.1, 0.15) is 11.6 Å². The fourth-order valence-electron chi connectivity index (χ4n) is 1.89. The predicted octanol–water partition coefficient (Wildman–Crippen LogP) is 4.73. The highest BCUT2D eigenvalue weighted by Gasteiger charge is 2.13. The van der Waals surface area contributed by atoms with Gasteiger partial charge in [-0.05, 0) is 42.3 Å². The standard InChI is InChI=1S/C14H11Br2F2N/c15-9-1-2-12(13(18)7-9)14(19)5-8-3-10(16)6-11(17)4-8/h1-4,6-7,14H,5,19H2. The van der Waals surface area contributed by atoms with E-state index in [-0.39, 0.29) is 11.6 Å². The first-order valence-corrected chi connectivity index (χ1v) is 7.20. The van der Waals surface area contributed by atoms with Crippen molar-refractivity contribution in [2.24, 2.45) is 5.73 Å². The van der Waals surface area contributed by atoms with Crippen LogP contribution < -0.4 is 5.73 Å². The minimum absolute atomic E-state index is 0.340. The van der Waals surface area contributed by atoms with Gasteiger partial charge >= 0.3 is 0 Å². The maximum Gasteiger partial charge on any atom is 0.129 e. The number of hydrogen-bond donors (Lipinski definition) is 1. The van der Waals surface area contributed by atoms with E-state index in [9.17, 15) is 8.78 Å². The Hall–Kier alpha value is -0.780. The Morgan fingerprint density at radius 2 is 1.74 bits per heavy atom. The molecule has 2 N–H and O–H groups in total. The van der Waals surface area contributed by atoms with Crippen LogP contribution in [0.25, 0.3) is 0 Å². The van der Waals surface area contributed by atoms with Crippen molar-refractivity contribution in [1.82, 2.24) is 0 Å². The lowest BCUT2D eigenvalue weighted by atomic mass is 9.99. The topological polar surface area (TPSA) is 26.0 Å². The van der Waals surface area contributed by atoms with Crippen LogP contribution in [0.5, 0.6) is 0 Å². The van der Waals surface area contributed by atoms with Crippen molar-refractivity contribution in [3.05, 3.63) is 68.1 Å². The van der Waals surface area contributed by atoms with Crippen molar-refractivity contribution in [2.75, 3.05) is 0 Å². The molecule has 1 atom stereocenters. The summed E-state index contributed by atoms with van der Waals surface area (Å²) in [5.41, 5.74) is 7.13. The zero-order chi connectivity index (χ0) is 14.0. The number of rotatable bonds is 3. The maximum atomic E-state index is 13.8. The molecule has 2 aromatic carbocycles. The molecule has 0 aliphatic carbocycles. The molecule has 0 aliphatic heterocycles. The molecule has 1 unspecified atom stereocenters. The fourth-order valence-corrected chi connectivity index (χ4v) is 2.74. The average molecular weight is 391 g/mol. The van der Waals surface area contributed by atoms with E-state index >= 15 is 0 Å². The Kier molecular flexibility index (Phi) is 4.71. The molecule has 0 spiro atoms. The largest absolute Gasteiger partial charge is 0.324 e. The molecule has 2 rings (SSSR count). The second-order valence-corrected chi connectivity index (χ2v) is 6.09. The summed E-state index contributed by atoms with van der Waals surface area (Å²) >= 11 is 6.42. The first-order valence-electron chi connectivity index (χ1n) is 5.61. The van der Waals surface area contributed by atoms with E-state index in [2.05, 4.69) is 31.9 Å². The van der Waals surface area contributed by atoms with Crippen LogP contribution in [-0.2, 0) is 6.42 Å². The van der Waals surface area contributed by atoms with Gasteiger partial charge < -0.3 is 5.73 Å². The van der Waals surface area contributed by atoms with Gasteiger partial charge in [0.05, 0.1) is 0 Å². The number of halogens is 4.